The van der Waals surface area contributed by atoms with Crippen LogP contribution in [0.15, 0.2) is 18.2 Å². The molecule has 1 saturated heterocycles. The van der Waals surface area contributed by atoms with Crippen molar-refractivity contribution in [2.45, 2.75) is 39.5 Å². The summed E-state index contributed by atoms with van der Waals surface area (Å²) in [5, 5.41) is 5.92. The Morgan fingerprint density at radius 3 is 2.52 bits per heavy atom. The molecule has 0 aromatic heterocycles. The number of rotatable bonds is 6. The Morgan fingerprint density at radius 1 is 1.17 bits per heavy atom. The first kappa shape index (κ1) is 17.3. The lowest BCUT2D eigenvalue weighted by atomic mass is 9.98. The number of likely N-dealkylation sites (tertiary alicyclic amines) is 1. The summed E-state index contributed by atoms with van der Waals surface area (Å²) in [6.07, 6.45) is 2.12. The lowest BCUT2D eigenvalue weighted by molar-refractivity contribution is -0.131. The van der Waals surface area contributed by atoms with Gasteiger partial charge in [-0.15, -0.1) is 0 Å². The van der Waals surface area contributed by atoms with Gasteiger partial charge in [-0.25, -0.2) is 0 Å². The van der Waals surface area contributed by atoms with Gasteiger partial charge in [0.15, 0.2) is 0 Å². The fourth-order valence-corrected chi connectivity index (χ4v) is 2.90. The predicted octanol–water partition coefficient (Wildman–Crippen LogP) is 2.27. The second-order valence-corrected chi connectivity index (χ2v) is 6.41. The molecule has 126 valence electrons. The number of nitrogens with zero attached hydrogens (tertiary/aromatic N) is 1. The number of aryl methyl sites for hydroxylation is 1. The maximum absolute atomic E-state index is 12.0. The van der Waals surface area contributed by atoms with E-state index in [0.29, 0.717) is 5.92 Å². The van der Waals surface area contributed by atoms with E-state index in [9.17, 15) is 9.59 Å². The molecule has 0 bridgehead atoms. The van der Waals surface area contributed by atoms with Crippen LogP contribution in [0, 0.1) is 6.92 Å². The zero-order valence-electron chi connectivity index (χ0n) is 14.3. The van der Waals surface area contributed by atoms with Gasteiger partial charge >= 0.3 is 0 Å². The normalized spacial score (nSPS) is 14.2. The Bertz CT molecular complexity index is 563. The van der Waals surface area contributed by atoms with Gasteiger partial charge in [-0.3, -0.25) is 9.59 Å². The molecule has 0 unspecified atom stereocenters. The highest BCUT2D eigenvalue weighted by Crippen LogP contribution is 2.27. The first-order valence-electron chi connectivity index (χ1n) is 8.37. The number of hydrogen-bond acceptors (Lipinski definition) is 3. The molecule has 1 aliphatic rings. The second kappa shape index (κ2) is 7.99. The maximum atomic E-state index is 12.0. The molecule has 5 nitrogen and oxygen atoms in total. The van der Waals surface area contributed by atoms with E-state index in [2.05, 4.69) is 30.5 Å². The number of nitrogens with one attached hydrogen (secondary N) is 2. The summed E-state index contributed by atoms with van der Waals surface area (Å²) in [5.74, 6) is 0.238. The van der Waals surface area contributed by atoms with E-state index in [0.717, 1.165) is 37.2 Å². The largest absolute Gasteiger partial charge is 0.376 e. The van der Waals surface area contributed by atoms with Gasteiger partial charge in [0.2, 0.25) is 11.8 Å². The number of para-hydroxylation sites is 1. The van der Waals surface area contributed by atoms with Crippen molar-refractivity contribution in [3.63, 3.8) is 0 Å². The SMILES string of the molecule is Cc1cccc(C(C)C)c1NCC(=O)NCC(=O)N1CCCC1. The Labute approximate surface area is 138 Å². The zero-order valence-corrected chi connectivity index (χ0v) is 14.3. The Balaban J connectivity index is 1.84. The number of anilines is 1. The van der Waals surface area contributed by atoms with Crippen LogP contribution >= 0.6 is 0 Å². The molecule has 0 radical (unpaired) electrons. The van der Waals surface area contributed by atoms with Crippen molar-refractivity contribution in [3.05, 3.63) is 29.3 Å². The highest BCUT2D eigenvalue weighted by atomic mass is 16.2. The van der Waals surface area contributed by atoms with E-state index in [1.165, 1.54) is 5.56 Å². The van der Waals surface area contributed by atoms with Gasteiger partial charge in [-0.05, 0) is 36.8 Å². The van der Waals surface area contributed by atoms with E-state index in [-0.39, 0.29) is 24.9 Å². The molecule has 2 rings (SSSR count). The molecule has 0 saturated carbocycles. The molecule has 1 aliphatic heterocycles. The molecular formula is C18H27N3O2. The fourth-order valence-electron chi connectivity index (χ4n) is 2.90. The van der Waals surface area contributed by atoms with Crippen molar-refractivity contribution in [3.8, 4) is 0 Å². The molecule has 0 spiro atoms. The van der Waals surface area contributed by atoms with Crippen molar-refractivity contribution in [2.24, 2.45) is 0 Å². The second-order valence-electron chi connectivity index (χ2n) is 6.41. The highest BCUT2D eigenvalue weighted by Gasteiger charge is 2.18. The molecule has 23 heavy (non-hydrogen) atoms. The summed E-state index contributed by atoms with van der Waals surface area (Å²) >= 11 is 0. The molecule has 1 heterocycles. The predicted molar refractivity (Wildman–Crippen MR) is 92.6 cm³/mol. The topological polar surface area (TPSA) is 61.4 Å². The van der Waals surface area contributed by atoms with Crippen LogP contribution in [0.4, 0.5) is 5.69 Å². The van der Waals surface area contributed by atoms with Crippen LogP contribution in [-0.2, 0) is 9.59 Å². The number of amides is 2. The highest BCUT2D eigenvalue weighted by molar-refractivity contribution is 5.87. The Kier molecular flexibility index (Phi) is 6.02. The van der Waals surface area contributed by atoms with Crippen LogP contribution in [0.25, 0.3) is 0 Å². The monoisotopic (exact) mass is 317 g/mol. The smallest absolute Gasteiger partial charge is 0.241 e. The minimum Gasteiger partial charge on any atom is -0.376 e. The van der Waals surface area contributed by atoms with Crippen molar-refractivity contribution < 1.29 is 9.59 Å². The van der Waals surface area contributed by atoms with E-state index < -0.39 is 0 Å². The molecule has 2 N–H and O–H groups in total. The number of carbonyl (C=O) groups excluding carboxylic acids is 2. The van der Waals surface area contributed by atoms with Crippen molar-refractivity contribution >= 4 is 17.5 Å². The first-order chi connectivity index (χ1) is 11.0. The third-order valence-electron chi connectivity index (χ3n) is 4.25. The van der Waals surface area contributed by atoms with Crippen molar-refractivity contribution in [1.29, 1.82) is 0 Å². The Hall–Kier alpha value is -2.04. The van der Waals surface area contributed by atoms with E-state index >= 15 is 0 Å². The van der Waals surface area contributed by atoms with Gasteiger partial charge in [0, 0.05) is 18.8 Å². The Morgan fingerprint density at radius 2 is 1.87 bits per heavy atom. The number of benzene rings is 1. The summed E-state index contributed by atoms with van der Waals surface area (Å²) in [6, 6.07) is 6.14. The summed E-state index contributed by atoms with van der Waals surface area (Å²) < 4.78 is 0. The zero-order chi connectivity index (χ0) is 16.8. The van der Waals surface area contributed by atoms with E-state index in [1.54, 1.807) is 0 Å². The third-order valence-corrected chi connectivity index (χ3v) is 4.25. The van der Waals surface area contributed by atoms with E-state index in [4.69, 9.17) is 0 Å². The minimum absolute atomic E-state index is 0.00890. The third kappa shape index (κ3) is 4.71. The minimum atomic E-state index is -0.157. The van der Waals surface area contributed by atoms with Crippen LogP contribution in [0.5, 0.6) is 0 Å². The van der Waals surface area contributed by atoms with Gasteiger partial charge < -0.3 is 15.5 Å². The van der Waals surface area contributed by atoms with Gasteiger partial charge in [-0.1, -0.05) is 32.0 Å². The van der Waals surface area contributed by atoms with Crippen molar-refractivity contribution in [2.75, 3.05) is 31.5 Å². The van der Waals surface area contributed by atoms with E-state index in [1.807, 2.05) is 24.0 Å². The first-order valence-corrected chi connectivity index (χ1v) is 8.37. The van der Waals surface area contributed by atoms with Gasteiger partial charge in [0.05, 0.1) is 13.1 Å². The van der Waals surface area contributed by atoms with Crippen molar-refractivity contribution in [1.82, 2.24) is 10.2 Å². The summed E-state index contributed by atoms with van der Waals surface area (Å²) in [4.78, 5) is 25.7. The number of hydrogen-bond donors (Lipinski definition) is 2. The molecule has 1 aromatic carbocycles. The quantitative estimate of drug-likeness (QED) is 0.846. The maximum Gasteiger partial charge on any atom is 0.241 e. The van der Waals surface area contributed by atoms with Crippen LogP contribution in [0.3, 0.4) is 0 Å². The standard InChI is InChI=1S/C18H27N3O2/c1-13(2)15-8-6-7-14(3)18(15)20-11-16(22)19-12-17(23)21-9-4-5-10-21/h6-8,13,20H,4-5,9-12H2,1-3H3,(H,19,22). The van der Waals surface area contributed by atoms with Gasteiger partial charge in [0.1, 0.15) is 0 Å². The average Bonchev–Trinajstić information content (AvgIpc) is 3.05. The molecule has 5 heteroatoms. The summed E-state index contributed by atoms with van der Waals surface area (Å²) in [5.41, 5.74) is 3.34. The molecular weight excluding hydrogens is 290 g/mol. The lowest BCUT2D eigenvalue weighted by Gasteiger charge is -2.18. The van der Waals surface area contributed by atoms with Gasteiger partial charge in [-0.2, -0.15) is 0 Å². The fraction of sp³-hybridized carbons (Fsp3) is 0.556. The summed E-state index contributed by atoms with van der Waals surface area (Å²) in [7, 11) is 0. The molecule has 1 aromatic rings. The summed E-state index contributed by atoms with van der Waals surface area (Å²) in [6.45, 7) is 8.19. The average molecular weight is 317 g/mol. The van der Waals surface area contributed by atoms with Crippen LogP contribution in [-0.4, -0.2) is 42.9 Å². The van der Waals surface area contributed by atoms with Crippen LogP contribution < -0.4 is 10.6 Å². The lowest BCUT2D eigenvalue weighted by Crippen LogP contribution is -2.40. The van der Waals surface area contributed by atoms with Crippen LogP contribution in [0.2, 0.25) is 0 Å². The molecule has 0 atom stereocenters. The molecule has 0 aliphatic carbocycles. The van der Waals surface area contributed by atoms with Gasteiger partial charge in [0.25, 0.3) is 0 Å². The number of carbonyl (C=O) groups is 2. The molecule has 1 fully saturated rings. The molecule has 2 amide bonds. The van der Waals surface area contributed by atoms with Crippen LogP contribution in [0.1, 0.15) is 43.7 Å².